The first-order chi connectivity index (χ1) is 18.0. The van der Waals surface area contributed by atoms with Gasteiger partial charge in [-0.2, -0.15) is 12.7 Å². The van der Waals surface area contributed by atoms with Gasteiger partial charge in [-0.25, -0.2) is 9.52 Å². The number of carbonyl (C=O) groups excluding carboxylic acids is 1. The van der Waals surface area contributed by atoms with Gasteiger partial charge in [-0.3, -0.25) is 0 Å². The first-order valence-electron chi connectivity index (χ1n) is 15.3. The van der Waals surface area contributed by atoms with E-state index in [0.29, 0.717) is 42.7 Å². The summed E-state index contributed by atoms with van der Waals surface area (Å²) in [6.45, 7) is 8.23. The molecule has 0 radical (unpaired) electrons. The molecule has 0 bridgehead atoms. The first kappa shape index (κ1) is 28.6. The van der Waals surface area contributed by atoms with E-state index in [-0.39, 0.29) is 35.6 Å². The molecular weight excluding hydrogens is 504 g/mol. The summed E-state index contributed by atoms with van der Waals surface area (Å²) in [6.07, 6.45) is 10.3. The minimum absolute atomic E-state index is 0.180. The smallest absolute Gasteiger partial charge is 0.421 e. The topological polar surface area (TPSA) is 116 Å². The molecule has 9 heteroatoms. The summed E-state index contributed by atoms with van der Waals surface area (Å²) in [6, 6.07) is 0. The number of ether oxygens (including phenoxy) is 1. The molecule has 4 saturated carbocycles. The molecule has 1 saturated heterocycles. The minimum Gasteiger partial charge on any atom is -0.449 e. The third-order valence-electron chi connectivity index (χ3n) is 12.1. The molecule has 5 aliphatic rings. The molecular formula is C29H50N2O6S. The van der Waals surface area contributed by atoms with Gasteiger partial charge in [0, 0.05) is 13.1 Å². The average molecular weight is 555 g/mol. The lowest BCUT2D eigenvalue weighted by atomic mass is 9.41. The highest BCUT2D eigenvalue weighted by atomic mass is 32.2. The van der Waals surface area contributed by atoms with Crippen LogP contribution in [0.4, 0.5) is 4.79 Å². The van der Waals surface area contributed by atoms with Gasteiger partial charge < -0.3 is 14.9 Å². The van der Waals surface area contributed by atoms with E-state index in [1.807, 2.05) is 4.72 Å². The van der Waals surface area contributed by atoms with Gasteiger partial charge in [0.2, 0.25) is 0 Å². The molecule has 0 aromatic heterocycles. The second-order valence-electron chi connectivity index (χ2n) is 13.7. The second kappa shape index (κ2) is 10.8. The number of nitrogens with one attached hydrogen (secondary N) is 1. The maximum atomic E-state index is 12.3. The number of carbonyl (C=O) groups is 1. The molecule has 0 unspecified atom stereocenters. The van der Waals surface area contributed by atoms with E-state index in [1.165, 1.54) is 10.7 Å². The van der Waals surface area contributed by atoms with Crippen molar-refractivity contribution in [1.29, 1.82) is 0 Å². The van der Waals surface area contributed by atoms with Crippen molar-refractivity contribution in [3.63, 3.8) is 0 Å². The molecule has 0 aromatic rings. The Bertz CT molecular complexity index is 970. The largest absolute Gasteiger partial charge is 0.449 e. The van der Waals surface area contributed by atoms with Gasteiger partial charge in [0.15, 0.2) is 0 Å². The van der Waals surface area contributed by atoms with Gasteiger partial charge in [0.1, 0.15) is 0 Å². The Labute approximate surface area is 229 Å². The lowest BCUT2D eigenvalue weighted by Crippen LogP contribution is -2.62. The fourth-order valence-electron chi connectivity index (χ4n) is 10.2. The molecule has 0 aromatic carbocycles. The number of hydrogen-bond acceptors (Lipinski definition) is 6. The molecule has 5 rings (SSSR count). The summed E-state index contributed by atoms with van der Waals surface area (Å²) < 4.78 is 33.2. The molecule has 1 amide bonds. The molecule has 38 heavy (non-hydrogen) atoms. The van der Waals surface area contributed by atoms with Crippen molar-refractivity contribution in [2.24, 2.45) is 46.3 Å². The van der Waals surface area contributed by atoms with Gasteiger partial charge in [-0.15, -0.1) is 0 Å². The van der Waals surface area contributed by atoms with Crippen LogP contribution in [0.1, 0.15) is 97.8 Å². The van der Waals surface area contributed by atoms with Gasteiger partial charge >= 0.3 is 16.3 Å². The molecule has 3 N–H and O–H groups in total. The van der Waals surface area contributed by atoms with Crippen LogP contribution in [-0.2, 0) is 14.9 Å². The number of amides is 1. The fraction of sp³-hybridized carbons (Fsp3) is 0.966. The van der Waals surface area contributed by atoms with Crippen LogP contribution in [0.15, 0.2) is 0 Å². The molecule has 218 valence electrons. The monoisotopic (exact) mass is 554 g/mol. The van der Waals surface area contributed by atoms with Gasteiger partial charge in [0.25, 0.3) is 0 Å². The molecule has 10 atom stereocenters. The summed E-state index contributed by atoms with van der Waals surface area (Å²) in [7, 11) is -3.81. The van der Waals surface area contributed by atoms with E-state index in [9.17, 15) is 23.4 Å². The number of aliphatic hydroxyl groups is 2. The fourth-order valence-corrected chi connectivity index (χ4v) is 11.3. The SMILES string of the molecule is CC[C@H]1[C@@H](O)[C@@H]2[C@H](CC[C@]3(C)[C@@H](CCCOC(=O)NS(=O)(=O)N4CCCC4)CC[C@@H]23)[C@@]2(C)CC[C@@H](O)C[C@@H]12. The second-order valence-corrected chi connectivity index (χ2v) is 15.4. The van der Waals surface area contributed by atoms with Crippen molar-refractivity contribution in [3.05, 3.63) is 0 Å². The Morgan fingerprint density at radius 2 is 1.68 bits per heavy atom. The summed E-state index contributed by atoms with van der Waals surface area (Å²) in [5.41, 5.74) is 0.388. The zero-order valence-corrected chi connectivity index (χ0v) is 24.4. The highest BCUT2D eigenvalue weighted by Crippen LogP contribution is 2.69. The minimum atomic E-state index is -3.81. The zero-order valence-electron chi connectivity index (χ0n) is 23.6. The maximum absolute atomic E-state index is 12.3. The molecule has 5 fully saturated rings. The normalized spacial score (nSPS) is 45.2. The summed E-state index contributed by atoms with van der Waals surface area (Å²) in [5.74, 6) is 2.57. The molecule has 8 nitrogen and oxygen atoms in total. The van der Waals surface area contributed by atoms with Gasteiger partial charge in [-0.1, -0.05) is 27.2 Å². The van der Waals surface area contributed by atoms with Crippen molar-refractivity contribution in [2.75, 3.05) is 19.7 Å². The van der Waals surface area contributed by atoms with Crippen LogP contribution >= 0.6 is 0 Å². The Hall–Kier alpha value is -0.900. The van der Waals surface area contributed by atoms with Crippen LogP contribution in [-0.4, -0.2) is 60.9 Å². The predicted octanol–water partition coefficient (Wildman–Crippen LogP) is 4.46. The van der Waals surface area contributed by atoms with Crippen molar-refractivity contribution in [1.82, 2.24) is 9.03 Å². The van der Waals surface area contributed by atoms with Crippen molar-refractivity contribution >= 4 is 16.3 Å². The Balaban J connectivity index is 1.18. The van der Waals surface area contributed by atoms with E-state index in [4.69, 9.17) is 4.74 Å². The first-order valence-corrected chi connectivity index (χ1v) is 16.8. The number of nitrogens with zero attached hydrogens (tertiary/aromatic N) is 1. The van der Waals surface area contributed by atoms with E-state index < -0.39 is 16.3 Å². The van der Waals surface area contributed by atoms with E-state index in [0.717, 1.165) is 70.6 Å². The Kier molecular flexibility index (Phi) is 8.15. The molecule has 1 heterocycles. The third kappa shape index (κ3) is 4.92. The number of hydrogen-bond donors (Lipinski definition) is 3. The lowest BCUT2D eigenvalue weighted by Gasteiger charge is -2.64. The van der Waals surface area contributed by atoms with E-state index >= 15 is 0 Å². The zero-order chi connectivity index (χ0) is 27.3. The average Bonchev–Trinajstić information content (AvgIpc) is 3.52. The lowest BCUT2D eigenvalue weighted by molar-refractivity contribution is -0.202. The van der Waals surface area contributed by atoms with Crippen LogP contribution in [0.25, 0.3) is 0 Å². The van der Waals surface area contributed by atoms with Crippen molar-refractivity contribution < 1.29 is 28.2 Å². The summed E-state index contributed by atoms with van der Waals surface area (Å²) >= 11 is 0. The molecule has 4 aliphatic carbocycles. The number of fused-ring (bicyclic) bond motifs is 5. The van der Waals surface area contributed by atoms with Crippen LogP contribution < -0.4 is 4.72 Å². The predicted molar refractivity (Wildman–Crippen MR) is 145 cm³/mol. The third-order valence-corrected chi connectivity index (χ3v) is 13.6. The Morgan fingerprint density at radius 1 is 1.00 bits per heavy atom. The summed E-state index contributed by atoms with van der Waals surface area (Å²) in [4.78, 5) is 12.1. The quantitative estimate of drug-likeness (QED) is 0.400. The molecule has 1 aliphatic heterocycles. The van der Waals surface area contributed by atoms with E-state index in [1.54, 1.807) is 0 Å². The standard InChI is InChI=1S/C29H50N2O6S/c1-4-21-24-18-20(32)11-13-29(24,3)23-12-14-28(2)19(9-10-22(28)25(23)26(21)33)8-7-17-37-27(34)30-38(35,36)31-15-5-6-16-31/h19-26,32-33H,4-18H2,1-3H3,(H,30,34)/t19-,20+,21+,22-,23-,24-,25-,26+,28+,29+/m0/s1. The van der Waals surface area contributed by atoms with Gasteiger partial charge in [0.05, 0.1) is 18.8 Å². The molecule has 0 spiro atoms. The van der Waals surface area contributed by atoms with E-state index in [2.05, 4.69) is 20.8 Å². The van der Waals surface area contributed by atoms with Crippen molar-refractivity contribution in [2.45, 2.75) is 110 Å². The Morgan fingerprint density at radius 3 is 2.39 bits per heavy atom. The highest BCUT2D eigenvalue weighted by molar-refractivity contribution is 7.87. The maximum Gasteiger partial charge on any atom is 0.421 e. The van der Waals surface area contributed by atoms with Crippen molar-refractivity contribution in [3.8, 4) is 0 Å². The van der Waals surface area contributed by atoms with Crippen LogP contribution in [0, 0.1) is 46.3 Å². The van der Waals surface area contributed by atoms with Crippen LogP contribution in [0.5, 0.6) is 0 Å². The highest BCUT2D eigenvalue weighted by Gasteiger charge is 2.64. The van der Waals surface area contributed by atoms with Crippen LogP contribution in [0.2, 0.25) is 0 Å². The van der Waals surface area contributed by atoms with Crippen LogP contribution in [0.3, 0.4) is 0 Å². The van der Waals surface area contributed by atoms with Gasteiger partial charge in [-0.05, 0) is 117 Å². The summed E-state index contributed by atoms with van der Waals surface area (Å²) in [5, 5.41) is 22.3. The number of aliphatic hydroxyl groups excluding tert-OH is 2. The number of rotatable bonds is 7.